The molecule has 1 aromatic heterocycles. The maximum Gasteiger partial charge on any atom is 0.193 e. The van der Waals surface area contributed by atoms with Crippen LogP contribution in [0, 0.1) is 0 Å². The lowest BCUT2D eigenvalue weighted by Gasteiger charge is -2.12. The number of aliphatic imine (C=N–C) groups is 1. The molecular formula is C13H17N5O2. The highest BCUT2D eigenvalue weighted by Gasteiger charge is 2.06. The predicted octanol–water partition coefficient (Wildman–Crippen LogP) is 1.35. The second-order valence-corrected chi connectivity index (χ2v) is 3.97. The molecule has 0 spiro atoms. The van der Waals surface area contributed by atoms with E-state index in [9.17, 15) is 0 Å². The molecule has 1 aromatic carbocycles. The zero-order chi connectivity index (χ0) is 14.4. The number of H-pyrrole nitrogens is 1. The summed E-state index contributed by atoms with van der Waals surface area (Å²) in [5, 5.41) is 9.64. The molecule has 7 nitrogen and oxygen atoms in total. The molecule has 4 N–H and O–H groups in total. The number of ether oxygens (including phenoxy) is 2. The molecule has 0 radical (unpaired) electrons. The van der Waals surface area contributed by atoms with Gasteiger partial charge in [0.05, 0.1) is 32.1 Å². The fourth-order valence-corrected chi connectivity index (χ4v) is 1.63. The molecule has 0 fully saturated rings. The smallest absolute Gasteiger partial charge is 0.193 e. The van der Waals surface area contributed by atoms with Crippen molar-refractivity contribution in [1.82, 2.24) is 10.2 Å². The maximum atomic E-state index is 5.85. The molecule has 0 saturated heterocycles. The second kappa shape index (κ2) is 6.46. The monoisotopic (exact) mass is 275 g/mol. The van der Waals surface area contributed by atoms with E-state index in [0.717, 1.165) is 5.69 Å². The number of nitrogens with zero attached hydrogens (tertiary/aromatic N) is 2. The molecule has 0 aliphatic rings. The first-order valence-electron chi connectivity index (χ1n) is 6.00. The Morgan fingerprint density at radius 1 is 1.35 bits per heavy atom. The molecule has 0 saturated carbocycles. The highest BCUT2D eigenvalue weighted by Crippen LogP contribution is 2.28. The number of hydrogen-bond donors (Lipinski definition) is 3. The number of aromatic nitrogens is 2. The van der Waals surface area contributed by atoms with Gasteiger partial charge >= 0.3 is 0 Å². The number of rotatable bonds is 5. The zero-order valence-corrected chi connectivity index (χ0v) is 11.4. The molecule has 2 aromatic rings. The van der Waals surface area contributed by atoms with E-state index < -0.39 is 0 Å². The van der Waals surface area contributed by atoms with E-state index in [1.807, 2.05) is 12.1 Å². The minimum Gasteiger partial charge on any atom is -0.497 e. The molecule has 0 atom stereocenters. The quantitative estimate of drug-likeness (QED) is 0.565. The van der Waals surface area contributed by atoms with Gasteiger partial charge in [-0.05, 0) is 18.2 Å². The summed E-state index contributed by atoms with van der Waals surface area (Å²) in [6.07, 6.45) is 1.67. The number of nitrogens with two attached hydrogens (primary N) is 1. The molecule has 106 valence electrons. The zero-order valence-electron chi connectivity index (χ0n) is 11.4. The van der Waals surface area contributed by atoms with Crippen molar-refractivity contribution in [2.75, 3.05) is 19.5 Å². The van der Waals surface area contributed by atoms with Crippen molar-refractivity contribution in [2.24, 2.45) is 10.7 Å². The normalized spacial score (nSPS) is 11.2. The first-order valence-corrected chi connectivity index (χ1v) is 6.00. The third-order valence-electron chi connectivity index (χ3n) is 2.65. The third-order valence-corrected chi connectivity index (χ3v) is 2.65. The number of hydrogen-bond acceptors (Lipinski definition) is 4. The molecule has 0 bridgehead atoms. The van der Waals surface area contributed by atoms with Crippen LogP contribution in [0.3, 0.4) is 0 Å². The van der Waals surface area contributed by atoms with Crippen LogP contribution in [0.25, 0.3) is 0 Å². The maximum absolute atomic E-state index is 5.85. The van der Waals surface area contributed by atoms with Crippen LogP contribution in [-0.4, -0.2) is 30.4 Å². The Morgan fingerprint density at radius 2 is 2.20 bits per heavy atom. The largest absolute Gasteiger partial charge is 0.497 e. The highest BCUT2D eigenvalue weighted by atomic mass is 16.5. The minimum atomic E-state index is 0.283. The van der Waals surface area contributed by atoms with Gasteiger partial charge in [-0.15, -0.1) is 0 Å². The second-order valence-electron chi connectivity index (χ2n) is 3.97. The first kappa shape index (κ1) is 13.7. The molecule has 0 aliphatic carbocycles. The number of anilines is 1. The Balaban J connectivity index is 2.09. The summed E-state index contributed by atoms with van der Waals surface area (Å²) in [6.45, 7) is 0.422. The van der Waals surface area contributed by atoms with Gasteiger partial charge in [0.15, 0.2) is 5.96 Å². The van der Waals surface area contributed by atoms with E-state index in [2.05, 4.69) is 20.5 Å². The summed E-state index contributed by atoms with van der Waals surface area (Å²) in [5.74, 6) is 1.64. The minimum absolute atomic E-state index is 0.283. The summed E-state index contributed by atoms with van der Waals surface area (Å²) in [7, 11) is 3.19. The van der Waals surface area contributed by atoms with Crippen LogP contribution in [0.5, 0.6) is 11.5 Å². The van der Waals surface area contributed by atoms with Gasteiger partial charge in [-0.1, -0.05) is 0 Å². The van der Waals surface area contributed by atoms with E-state index in [4.69, 9.17) is 15.2 Å². The number of methoxy groups -OCH3 is 2. The number of aromatic amines is 1. The molecular weight excluding hydrogens is 258 g/mol. The van der Waals surface area contributed by atoms with Gasteiger partial charge in [-0.25, -0.2) is 4.99 Å². The SMILES string of the molecule is COc1ccc(OC)c(NC(N)=NCc2ccn[nH]2)c1. The number of nitrogens with one attached hydrogen (secondary N) is 2. The Kier molecular flexibility index (Phi) is 4.43. The molecule has 1 heterocycles. The lowest BCUT2D eigenvalue weighted by Crippen LogP contribution is -2.23. The fourth-order valence-electron chi connectivity index (χ4n) is 1.63. The van der Waals surface area contributed by atoms with E-state index in [1.54, 1.807) is 32.5 Å². The van der Waals surface area contributed by atoms with Crippen LogP contribution in [0.1, 0.15) is 5.69 Å². The summed E-state index contributed by atoms with van der Waals surface area (Å²) in [6, 6.07) is 7.23. The van der Waals surface area contributed by atoms with Crippen LogP contribution in [0.2, 0.25) is 0 Å². The van der Waals surface area contributed by atoms with E-state index in [-0.39, 0.29) is 5.96 Å². The van der Waals surface area contributed by atoms with Crippen molar-refractivity contribution >= 4 is 11.6 Å². The van der Waals surface area contributed by atoms with E-state index >= 15 is 0 Å². The average molecular weight is 275 g/mol. The number of guanidine groups is 1. The first-order chi connectivity index (χ1) is 9.72. The van der Waals surface area contributed by atoms with Gasteiger partial charge in [-0.2, -0.15) is 5.10 Å². The topological polar surface area (TPSA) is 97.6 Å². The summed E-state index contributed by atoms with van der Waals surface area (Å²) >= 11 is 0. The Morgan fingerprint density at radius 3 is 2.85 bits per heavy atom. The van der Waals surface area contributed by atoms with Crippen LogP contribution < -0.4 is 20.5 Å². The van der Waals surface area contributed by atoms with Crippen molar-refractivity contribution in [1.29, 1.82) is 0 Å². The van der Waals surface area contributed by atoms with Crippen LogP contribution in [-0.2, 0) is 6.54 Å². The van der Waals surface area contributed by atoms with E-state index in [1.165, 1.54) is 0 Å². The van der Waals surface area contributed by atoms with Gasteiger partial charge in [0.25, 0.3) is 0 Å². The molecule has 0 amide bonds. The van der Waals surface area contributed by atoms with Crippen LogP contribution in [0.4, 0.5) is 5.69 Å². The lowest BCUT2D eigenvalue weighted by molar-refractivity contribution is 0.405. The predicted molar refractivity (Wildman–Crippen MR) is 77.1 cm³/mol. The van der Waals surface area contributed by atoms with Crippen molar-refractivity contribution in [3.8, 4) is 11.5 Å². The lowest BCUT2D eigenvalue weighted by atomic mass is 10.2. The highest BCUT2D eigenvalue weighted by molar-refractivity contribution is 5.93. The van der Waals surface area contributed by atoms with Crippen molar-refractivity contribution < 1.29 is 9.47 Å². The Hall–Kier alpha value is -2.70. The van der Waals surface area contributed by atoms with E-state index in [0.29, 0.717) is 23.7 Å². The molecule has 20 heavy (non-hydrogen) atoms. The van der Waals surface area contributed by atoms with Gasteiger partial charge < -0.3 is 20.5 Å². The molecule has 0 unspecified atom stereocenters. The van der Waals surface area contributed by atoms with Gasteiger partial charge in [-0.3, -0.25) is 5.10 Å². The standard InChI is InChI=1S/C13H17N5O2/c1-19-10-3-4-12(20-2)11(7-10)17-13(14)15-8-9-5-6-16-18-9/h3-7H,8H2,1-2H3,(H,16,18)(H3,14,15,17). The van der Waals surface area contributed by atoms with Crippen LogP contribution >= 0.6 is 0 Å². The average Bonchev–Trinajstić information content (AvgIpc) is 2.98. The van der Waals surface area contributed by atoms with Crippen molar-refractivity contribution in [2.45, 2.75) is 6.54 Å². The van der Waals surface area contributed by atoms with Gasteiger partial charge in [0, 0.05) is 12.3 Å². The number of benzene rings is 1. The van der Waals surface area contributed by atoms with Gasteiger partial charge in [0.2, 0.25) is 0 Å². The Labute approximate surface area is 116 Å². The van der Waals surface area contributed by atoms with Gasteiger partial charge in [0.1, 0.15) is 11.5 Å². The third kappa shape index (κ3) is 3.41. The van der Waals surface area contributed by atoms with Crippen molar-refractivity contribution in [3.63, 3.8) is 0 Å². The summed E-state index contributed by atoms with van der Waals surface area (Å²) in [4.78, 5) is 4.21. The molecule has 0 aliphatic heterocycles. The summed E-state index contributed by atoms with van der Waals surface area (Å²) in [5.41, 5.74) is 7.42. The molecule has 2 rings (SSSR count). The van der Waals surface area contributed by atoms with Crippen molar-refractivity contribution in [3.05, 3.63) is 36.2 Å². The summed E-state index contributed by atoms with van der Waals surface area (Å²) < 4.78 is 10.4. The van der Waals surface area contributed by atoms with Crippen LogP contribution in [0.15, 0.2) is 35.5 Å². The Bertz CT molecular complexity index is 580. The molecule has 7 heteroatoms. The fraction of sp³-hybridized carbons (Fsp3) is 0.231.